The van der Waals surface area contributed by atoms with Crippen molar-refractivity contribution in [1.29, 1.82) is 0 Å². The lowest BCUT2D eigenvalue weighted by atomic mass is 10.1. The maximum atomic E-state index is 12.3. The Labute approximate surface area is 132 Å². The molecular weight excluding hydrogens is 302 g/mol. The predicted octanol–water partition coefficient (Wildman–Crippen LogP) is 2.01. The average molecular weight is 319 g/mol. The molecule has 1 aromatic heterocycles. The molecule has 0 spiro atoms. The van der Waals surface area contributed by atoms with Crippen LogP contribution in [0.25, 0.3) is 10.2 Å². The van der Waals surface area contributed by atoms with Gasteiger partial charge in [0.1, 0.15) is 11.3 Å². The summed E-state index contributed by atoms with van der Waals surface area (Å²) in [4.78, 5) is 19.1. The van der Waals surface area contributed by atoms with Crippen molar-refractivity contribution in [1.82, 2.24) is 10.3 Å². The number of ether oxygens (including phenoxy) is 2. The highest BCUT2D eigenvalue weighted by Crippen LogP contribution is 2.36. The average Bonchev–Trinajstić information content (AvgIpc) is 2.98. The Balaban J connectivity index is 2.08. The van der Waals surface area contributed by atoms with Gasteiger partial charge in [-0.05, 0) is 18.3 Å². The van der Waals surface area contributed by atoms with Crippen molar-refractivity contribution >= 4 is 32.6 Å². The first kappa shape index (κ1) is 14.8. The zero-order chi connectivity index (χ0) is 15.5. The van der Waals surface area contributed by atoms with Gasteiger partial charge in [0.25, 0.3) is 5.91 Å². The summed E-state index contributed by atoms with van der Waals surface area (Å²) in [6.45, 7) is 6.55. The Kier molecular flexibility index (Phi) is 4.26. The van der Waals surface area contributed by atoms with Crippen LogP contribution < -0.4 is 15.0 Å². The highest BCUT2D eigenvalue weighted by atomic mass is 32.1. The highest BCUT2D eigenvalue weighted by Gasteiger charge is 2.21. The highest BCUT2D eigenvalue weighted by molar-refractivity contribution is 7.22. The fourth-order valence-electron chi connectivity index (χ4n) is 2.40. The molecular formula is C15H17N3O3S. The van der Waals surface area contributed by atoms with E-state index in [-0.39, 0.29) is 5.91 Å². The van der Waals surface area contributed by atoms with Gasteiger partial charge in [-0.15, -0.1) is 0 Å². The minimum atomic E-state index is -0.241. The number of amides is 1. The van der Waals surface area contributed by atoms with Crippen LogP contribution in [-0.2, 0) is 4.74 Å². The van der Waals surface area contributed by atoms with E-state index < -0.39 is 0 Å². The van der Waals surface area contributed by atoms with Gasteiger partial charge in [-0.2, -0.15) is 0 Å². The molecule has 0 aliphatic carbocycles. The molecule has 1 aliphatic rings. The van der Waals surface area contributed by atoms with E-state index >= 15 is 0 Å². The SMILES string of the molecule is C=CNC(=O)c1c(OC)ccc2nc(N3CCOCC3)sc12. The van der Waals surface area contributed by atoms with Gasteiger partial charge in [0.2, 0.25) is 0 Å². The molecule has 0 bridgehead atoms. The van der Waals surface area contributed by atoms with E-state index in [0.29, 0.717) is 24.5 Å². The van der Waals surface area contributed by atoms with Crippen LogP contribution in [-0.4, -0.2) is 44.3 Å². The number of carbonyl (C=O) groups excluding carboxylic acids is 1. The first-order valence-electron chi connectivity index (χ1n) is 6.96. The zero-order valence-electron chi connectivity index (χ0n) is 12.3. The fraction of sp³-hybridized carbons (Fsp3) is 0.333. The molecule has 0 unspecified atom stereocenters. The molecule has 1 N–H and O–H groups in total. The third-order valence-electron chi connectivity index (χ3n) is 3.47. The summed E-state index contributed by atoms with van der Waals surface area (Å²) in [5.74, 6) is 0.290. The lowest BCUT2D eigenvalue weighted by Gasteiger charge is -2.25. The third kappa shape index (κ3) is 2.65. The molecule has 0 saturated carbocycles. The van der Waals surface area contributed by atoms with Gasteiger partial charge in [-0.3, -0.25) is 4.79 Å². The van der Waals surface area contributed by atoms with Crippen LogP contribution in [0.1, 0.15) is 10.4 Å². The van der Waals surface area contributed by atoms with E-state index in [0.717, 1.165) is 28.4 Å². The van der Waals surface area contributed by atoms with Crippen LogP contribution in [0.4, 0.5) is 5.13 Å². The second-order valence-corrected chi connectivity index (χ2v) is 5.74. The van der Waals surface area contributed by atoms with Crippen molar-refractivity contribution in [3.05, 3.63) is 30.5 Å². The number of anilines is 1. The monoisotopic (exact) mass is 319 g/mol. The lowest BCUT2D eigenvalue weighted by Crippen LogP contribution is -2.36. The summed E-state index contributed by atoms with van der Waals surface area (Å²) in [6.07, 6.45) is 1.37. The maximum Gasteiger partial charge on any atom is 0.260 e. The predicted molar refractivity (Wildman–Crippen MR) is 86.9 cm³/mol. The van der Waals surface area contributed by atoms with Gasteiger partial charge in [0.05, 0.1) is 30.5 Å². The Hall–Kier alpha value is -2.12. The summed E-state index contributed by atoms with van der Waals surface area (Å²) in [7, 11) is 1.55. The number of nitrogens with one attached hydrogen (secondary N) is 1. The number of hydrogen-bond acceptors (Lipinski definition) is 6. The molecule has 2 aromatic rings. The number of thiazole rings is 1. The number of benzene rings is 1. The molecule has 6 nitrogen and oxygen atoms in total. The van der Waals surface area contributed by atoms with Crippen LogP contribution in [0.3, 0.4) is 0 Å². The number of methoxy groups -OCH3 is 1. The van der Waals surface area contributed by atoms with Gasteiger partial charge in [-0.25, -0.2) is 4.98 Å². The quantitative estimate of drug-likeness (QED) is 0.934. The molecule has 1 aromatic carbocycles. The number of nitrogens with zero attached hydrogens (tertiary/aromatic N) is 2. The van der Waals surface area contributed by atoms with Gasteiger partial charge < -0.3 is 19.7 Å². The summed E-state index contributed by atoms with van der Waals surface area (Å²) < 4.78 is 11.5. The number of hydrogen-bond donors (Lipinski definition) is 1. The number of rotatable bonds is 4. The Morgan fingerprint density at radius 3 is 2.95 bits per heavy atom. The Morgan fingerprint density at radius 2 is 2.27 bits per heavy atom. The molecule has 1 saturated heterocycles. The van der Waals surface area contributed by atoms with Gasteiger partial charge in [-0.1, -0.05) is 17.9 Å². The number of fused-ring (bicyclic) bond motifs is 1. The first-order chi connectivity index (χ1) is 10.7. The van der Waals surface area contributed by atoms with E-state index in [4.69, 9.17) is 9.47 Å². The molecule has 2 heterocycles. The Bertz CT molecular complexity index is 707. The molecule has 7 heteroatoms. The normalized spacial score (nSPS) is 14.9. The fourth-order valence-corrected chi connectivity index (χ4v) is 3.55. The van der Waals surface area contributed by atoms with E-state index in [9.17, 15) is 4.79 Å². The van der Waals surface area contributed by atoms with Crippen LogP contribution in [0.5, 0.6) is 5.75 Å². The number of morpholine rings is 1. The first-order valence-corrected chi connectivity index (χ1v) is 7.78. The summed E-state index contributed by atoms with van der Waals surface area (Å²) in [6, 6.07) is 3.64. The molecule has 0 radical (unpaired) electrons. The summed E-state index contributed by atoms with van der Waals surface area (Å²) in [5.41, 5.74) is 1.29. The van der Waals surface area contributed by atoms with Crippen molar-refractivity contribution in [3.63, 3.8) is 0 Å². The van der Waals surface area contributed by atoms with E-state index in [1.807, 2.05) is 6.07 Å². The Morgan fingerprint density at radius 1 is 1.50 bits per heavy atom. The van der Waals surface area contributed by atoms with Crippen LogP contribution in [0.2, 0.25) is 0 Å². The molecule has 0 atom stereocenters. The number of carbonyl (C=O) groups is 1. The van der Waals surface area contributed by atoms with E-state index in [1.54, 1.807) is 13.2 Å². The van der Waals surface area contributed by atoms with Crippen LogP contribution in [0, 0.1) is 0 Å². The second kappa shape index (κ2) is 6.33. The van der Waals surface area contributed by atoms with Crippen molar-refractivity contribution in [2.45, 2.75) is 0 Å². The summed E-state index contributed by atoms with van der Waals surface area (Å²) >= 11 is 1.50. The lowest BCUT2D eigenvalue weighted by molar-refractivity contribution is 0.0969. The molecule has 22 heavy (non-hydrogen) atoms. The summed E-state index contributed by atoms with van der Waals surface area (Å²) in [5, 5.41) is 3.51. The minimum Gasteiger partial charge on any atom is -0.496 e. The second-order valence-electron chi connectivity index (χ2n) is 4.76. The number of aromatic nitrogens is 1. The molecule has 116 valence electrons. The topological polar surface area (TPSA) is 63.7 Å². The minimum absolute atomic E-state index is 0.241. The standard InChI is InChI=1S/C15H17N3O3S/c1-3-16-14(19)12-11(20-2)5-4-10-13(12)22-15(17-10)18-6-8-21-9-7-18/h3-5H,1,6-9H2,2H3,(H,16,19). The largest absolute Gasteiger partial charge is 0.496 e. The van der Waals surface area contributed by atoms with E-state index in [1.165, 1.54) is 17.5 Å². The van der Waals surface area contributed by atoms with Gasteiger partial charge in [0, 0.05) is 13.1 Å². The molecule has 1 amide bonds. The van der Waals surface area contributed by atoms with Crippen molar-refractivity contribution in [3.8, 4) is 5.75 Å². The van der Waals surface area contributed by atoms with Gasteiger partial charge >= 0.3 is 0 Å². The van der Waals surface area contributed by atoms with Gasteiger partial charge in [0.15, 0.2) is 5.13 Å². The molecule has 1 aliphatic heterocycles. The maximum absolute atomic E-state index is 12.3. The van der Waals surface area contributed by atoms with Crippen LogP contribution in [0.15, 0.2) is 24.9 Å². The van der Waals surface area contributed by atoms with Crippen molar-refractivity contribution < 1.29 is 14.3 Å². The smallest absolute Gasteiger partial charge is 0.260 e. The van der Waals surface area contributed by atoms with Crippen molar-refractivity contribution in [2.24, 2.45) is 0 Å². The van der Waals surface area contributed by atoms with Crippen molar-refractivity contribution in [2.75, 3.05) is 38.3 Å². The zero-order valence-corrected chi connectivity index (χ0v) is 13.1. The molecule has 1 fully saturated rings. The van der Waals surface area contributed by atoms with E-state index in [2.05, 4.69) is 21.8 Å². The third-order valence-corrected chi connectivity index (χ3v) is 4.62. The van der Waals surface area contributed by atoms with Crippen LogP contribution >= 0.6 is 11.3 Å². The molecule has 3 rings (SSSR count).